The molecule has 0 heterocycles. The lowest BCUT2D eigenvalue weighted by Gasteiger charge is -2.15. The van der Waals surface area contributed by atoms with Crippen molar-refractivity contribution in [2.75, 3.05) is 26.7 Å². The van der Waals surface area contributed by atoms with E-state index < -0.39 is 0 Å². The van der Waals surface area contributed by atoms with Crippen LogP contribution in [-0.4, -0.2) is 37.5 Å². The number of amides is 1. The number of likely N-dealkylation sites (N-methyl/N-ethyl adjacent to an activating group) is 1. The number of nitrogens with zero attached hydrogens (tertiary/aromatic N) is 1. The first-order chi connectivity index (χ1) is 6.20. The van der Waals surface area contributed by atoms with Crippen LogP contribution in [-0.2, 0) is 4.79 Å². The van der Waals surface area contributed by atoms with Crippen molar-refractivity contribution >= 4 is 5.91 Å². The van der Waals surface area contributed by atoms with Gasteiger partial charge < -0.3 is 5.32 Å². The number of hydrogen-bond donors (Lipinski definition) is 1. The van der Waals surface area contributed by atoms with E-state index in [0.717, 1.165) is 25.9 Å². The number of nitrogens with one attached hydrogen (secondary N) is 1. The summed E-state index contributed by atoms with van der Waals surface area (Å²) in [5.41, 5.74) is 0. The summed E-state index contributed by atoms with van der Waals surface area (Å²) in [7, 11) is 1.99. The maximum Gasteiger partial charge on any atom is 0.234 e. The molecule has 78 valence electrons. The van der Waals surface area contributed by atoms with Crippen LogP contribution in [0.25, 0.3) is 0 Å². The molecule has 13 heavy (non-hydrogen) atoms. The van der Waals surface area contributed by atoms with Crippen LogP contribution in [0.4, 0.5) is 0 Å². The molecule has 0 aromatic rings. The maximum absolute atomic E-state index is 11.2. The van der Waals surface area contributed by atoms with Crippen LogP contribution in [0.3, 0.4) is 0 Å². The summed E-state index contributed by atoms with van der Waals surface area (Å²) in [5, 5.41) is 2.86. The number of carbonyl (C=O) groups is 1. The molecule has 0 spiro atoms. The smallest absolute Gasteiger partial charge is 0.234 e. The molecule has 0 saturated carbocycles. The van der Waals surface area contributed by atoms with Gasteiger partial charge in [-0.05, 0) is 26.4 Å². The number of rotatable bonds is 7. The van der Waals surface area contributed by atoms with E-state index in [1.54, 1.807) is 0 Å². The summed E-state index contributed by atoms with van der Waals surface area (Å²) < 4.78 is 0. The van der Waals surface area contributed by atoms with Gasteiger partial charge in [-0.15, -0.1) is 0 Å². The van der Waals surface area contributed by atoms with Gasteiger partial charge in [0.15, 0.2) is 0 Å². The lowest BCUT2D eigenvalue weighted by Crippen LogP contribution is -2.35. The van der Waals surface area contributed by atoms with Crippen molar-refractivity contribution in [3.8, 4) is 0 Å². The maximum atomic E-state index is 11.2. The molecule has 0 aliphatic heterocycles. The highest BCUT2D eigenvalue weighted by atomic mass is 16.1. The molecule has 0 bridgehead atoms. The molecule has 3 nitrogen and oxygen atoms in total. The van der Waals surface area contributed by atoms with Gasteiger partial charge in [-0.1, -0.05) is 20.3 Å². The zero-order valence-electron chi connectivity index (χ0n) is 9.10. The summed E-state index contributed by atoms with van der Waals surface area (Å²) in [4.78, 5) is 13.3. The molecule has 0 aliphatic rings. The molecule has 1 amide bonds. The average Bonchev–Trinajstić information content (AvgIpc) is 2.11. The Morgan fingerprint density at radius 2 is 2.00 bits per heavy atom. The Morgan fingerprint density at radius 3 is 2.54 bits per heavy atom. The molecule has 0 unspecified atom stereocenters. The molecule has 0 rings (SSSR count). The van der Waals surface area contributed by atoms with Crippen LogP contribution in [0, 0.1) is 0 Å². The van der Waals surface area contributed by atoms with Crippen molar-refractivity contribution in [2.24, 2.45) is 0 Å². The quantitative estimate of drug-likeness (QED) is 0.649. The Kier molecular flexibility index (Phi) is 7.69. The molecular formula is C10H22N2O. The normalized spacial score (nSPS) is 10.5. The largest absolute Gasteiger partial charge is 0.355 e. The van der Waals surface area contributed by atoms with Crippen molar-refractivity contribution in [1.29, 1.82) is 0 Å². The van der Waals surface area contributed by atoms with Gasteiger partial charge in [0.2, 0.25) is 5.91 Å². The predicted molar refractivity (Wildman–Crippen MR) is 55.7 cm³/mol. The average molecular weight is 186 g/mol. The Balaban J connectivity index is 3.41. The number of hydrogen-bond acceptors (Lipinski definition) is 2. The van der Waals surface area contributed by atoms with Crippen molar-refractivity contribution in [1.82, 2.24) is 10.2 Å². The summed E-state index contributed by atoms with van der Waals surface area (Å²) in [6, 6.07) is 0. The first kappa shape index (κ1) is 12.4. The van der Waals surface area contributed by atoms with Crippen LogP contribution >= 0.6 is 0 Å². The van der Waals surface area contributed by atoms with E-state index in [1.165, 1.54) is 6.42 Å². The molecule has 0 fully saturated rings. The zero-order chi connectivity index (χ0) is 10.1. The van der Waals surface area contributed by atoms with Crippen molar-refractivity contribution < 1.29 is 4.79 Å². The summed E-state index contributed by atoms with van der Waals surface area (Å²) in [5.74, 6) is 0.139. The minimum Gasteiger partial charge on any atom is -0.355 e. The van der Waals surface area contributed by atoms with Crippen molar-refractivity contribution in [2.45, 2.75) is 33.1 Å². The zero-order valence-corrected chi connectivity index (χ0v) is 9.10. The van der Waals surface area contributed by atoms with E-state index in [0.29, 0.717) is 6.54 Å². The van der Waals surface area contributed by atoms with E-state index in [4.69, 9.17) is 0 Å². The third-order valence-electron chi connectivity index (χ3n) is 1.88. The first-order valence-electron chi connectivity index (χ1n) is 5.16. The summed E-state index contributed by atoms with van der Waals surface area (Å²) >= 11 is 0. The molecular weight excluding hydrogens is 164 g/mol. The van der Waals surface area contributed by atoms with Gasteiger partial charge >= 0.3 is 0 Å². The molecule has 0 radical (unpaired) electrons. The molecule has 0 aromatic heterocycles. The highest BCUT2D eigenvalue weighted by Crippen LogP contribution is 1.90. The molecule has 1 N–H and O–H groups in total. The third-order valence-corrected chi connectivity index (χ3v) is 1.88. The topological polar surface area (TPSA) is 32.3 Å². The highest BCUT2D eigenvalue weighted by Gasteiger charge is 2.03. The van der Waals surface area contributed by atoms with Crippen molar-refractivity contribution in [3.63, 3.8) is 0 Å². The number of carbonyl (C=O) groups excluding carboxylic acids is 1. The van der Waals surface area contributed by atoms with Gasteiger partial charge in [-0.3, -0.25) is 9.69 Å². The van der Waals surface area contributed by atoms with Crippen molar-refractivity contribution in [3.05, 3.63) is 0 Å². The standard InChI is InChI=1S/C10H22N2O/c1-4-6-8-12(3)9-10(13)11-7-5-2/h4-9H2,1-3H3,(H,11,13). The van der Waals surface area contributed by atoms with Gasteiger partial charge in [0.1, 0.15) is 0 Å². The van der Waals surface area contributed by atoms with Crippen LogP contribution in [0.5, 0.6) is 0 Å². The first-order valence-corrected chi connectivity index (χ1v) is 5.16. The highest BCUT2D eigenvalue weighted by molar-refractivity contribution is 5.77. The minimum absolute atomic E-state index is 0.139. The van der Waals surface area contributed by atoms with Gasteiger partial charge in [0.25, 0.3) is 0 Å². The van der Waals surface area contributed by atoms with Crippen LogP contribution in [0.2, 0.25) is 0 Å². The fourth-order valence-electron chi connectivity index (χ4n) is 1.07. The minimum atomic E-state index is 0.139. The third kappa shape index (κ3) is 7.78. The Hall–Kier alpha value is -0.570. The van der Waals surface area contributed by atoms with E-state index in [2.05, 4.69) is 24.1 Å². The lowest BCUT2D eigenvalue weighted by atomic mass is 10.3. The Bertz CT molecular complexity index is 137. The molecule has 0 aliphatic carbocycles. The second-order valence-corrected chi connectivity index (χ2v) is 3.44. The molecule has 0 atom stereocenters. The fourth-order valence-corrected chi connectivity index (χ4v) is 1.07. The van der Waals surface area contributed by atoms with Crippen LogP contribution < -0.4 is 5.32 Å². The van der Waals surface area contributed by atoms with Gasteiger partial charge in [0, 0.05) is 6.54 Å². The second-order valence-electron chi connectivity index (χ2n) is 3.44. The van der Waals surface area contributed by atoms with E-state index in [9.17, 15) is 4.79 Å². The van der Waals surface area contributed by atoms with Gasteiger partial charge in [0.05, 0.1) is 6.54 Å². The second kappa shape index (κ2) is 8.05. The monoisotopic (exact) mass is 186 g/mol. The number of unbranched alkanes of at least 4 members (excludes halogenated alkanes) is 1. The predicted octanol–water partition coefficient (Wildman–Crippen LogP) is 1.24. The van der Waals surface area contributed by atoms with Crippen LogP contribution in [0.15, 0.2) is 0 Å². The molecule has 0 saturated heterocycles. The summed E-state index contributed by atoms with van der Waals surface area (Å²) in [6.45, 7) is 6.54. The SMILES string of the molecule is CCCCN(C)CC(=O)NCCC. The van der Waals surface area contributed by atoms with E-state index >= 15 is 0 Å². The lowest BCUT2D eigenvalue weighted by molar-refractivity contribution is -0.121. The summed E-state index contributed by atoms with van der Waals surface area (Å²) in [6.07, 6.45) is 3.35. The van der Waals surface area contributed by atoms with Gasteiger partial charge in [-0.2, -0.15) is 0 Å². The van der Waals surface area contributed by atoms with E-state index in [1.807, 2.05) is 7.05 Å². The molecule has 0 aromatic carbocycles. The van der Waals surface area contributed by atoms with Crippen LogP contribution in [0.1, 0.15) is 33.1 Å². The Morgan fingerprint density at radius 1 is 1.31 bits per heavy atom. The fraction of sp³-hybridized carbons (Fsp3) is 0.900. The van der Waals surface area contributed by atoms with E-state index in [-0.39, 0.29) is 5.91 Å². The Labute approximate surface area is 81.5 Å². The molecule has 3 heteroatoms. The van der Waals surface area contributed by atoms with Gasteiger partial charge in [-0.25, -0.2) is 0 Å².